The van der Waals surface area contributed by atoms with E-state index in [4.69, 9.17) is 12.2 Å². The summed E-state index contributed by atoms with van der Waals surface area (Å²) in [5.74, 6) is 1.20. The highest BCUT2D eigenvalue weighted by Crippen LogP contribution is 2.48. The minimum absolute atomic E-state index is 0.0338. The maximum Gasteiger partial charge on any atom is 0.108 e. The first-order valence-corrected chi connectivity index (χ1v) is 8.57. The Morgan fingerprint density at radius 3 is 2.68 bits per heavy atom. The number of nitrogens with zero attached hydrogens (tertiary/aromatic N) is 2. The van der Waals surface area contributed by atoms with Crippen LogP contribution in [0, 0.1) is 0 Å². The largest absolute Gasteiger partial charge is 0.365 e. The third kappa shape index (κ3) is 2.52. The van der Waals surface area contributed by atoms with Crippen LogP contribution in [0.2, 0.25) is 0 Å². The van der Waals surface area contributed by atoms with Crippen molar-refractivity contribution in [3.05, 3.63) is 30.1 Å². The molecule has 0 spiro atoms. The van der Waals surface area contributed by atoms with Crippen LogP contribution in [0.4, 0.5) is 0 Å². The minimum Gasteiger partial charge on any atom is -0.365 e. The molecule has 2 fully saturated rings. The van der Waals surface area contributed by atoms with Crippen LogP contribution in [-0.2, 0) is 4.75 Å². The number of thiocarbonyl (C=S) groups is 1. The van der Waals surface area contributed by atoms with Gasteiger partial charge in [-0.05, 0) is 50.0 Å². The van der Waals surface area contributed by atoms with Crippen molar-refractivity contribution in [3.8, 4) is 0 Å². The molecule has 2 aliphatic heterocycles. The average molecular weight is 292 g/mol. The average Bonchev–Trinajstić information content (AvgIpc) is 2.99. The predicted molar refractivity (Wildman–Crippen MR) is 85.6 cm³/mol. The fourth-order valence-electron chi connectivity index (χ4n) is 3.07. The molecular weight excluding hydrogens is 272 g/mol. The molecule has 0 aromatic carbocycles. The Morgan fingerprint density at radius 2 is 2.05 bits per heavy atom. The minimum atomic E-state index is -0.0338. The third-order valence-electron chi connectivity index (χ3n) is 4.09. The number of likely N-dealkylation sites (tertiary alicyclic amines) is 1. The lowest BCUT2D eigenvalue weighted by Crippen LogP contribution is -2.45. The van der Waals surface area contributed by atoms with Gasteiger partial charge >= 0.3 is 0 Å². The van der Waals surface area contributed by atoms with Gasteiger partial charge in [0.2, 0.25) is 0 Å². The molecule has 3 rings (SSSR count). The second-order valence-electron chi connectivity index (χ2n) is 5.35. The van der Waals surface area contributed by atoms with Gasteiger partial charge in [0.25, 0.3) is 0 Å². The molecule has 19 heavy (non-hydrogen) atoms. The smallest absolute Gasteiger partial charge is 0.108 e. The molecule has 1 atom stereocenters. The van der Waals surface area contributed by atoms with E-state index < -0.39 is 0 Å². The van der Waals surface area contributed by atoms with E-state index in [1.807, 2.05) is 24.0 Å². The van der Waals surface area contributed by atoms with Crippen molar-refractivity contribution in [2.75, 3.05) is 18.8 Å². The first-order chi connectivity index (χ1) is 9.33. The van der Waals surface area contributed by atoms with E-state index in [1.54, 1.807) is 0 Å². The topological polar surface area (TPSA) is 16.1 Å². The molecular formula is C15H20N2S2. The summed E-state index contributed by atoms with van der Waals surface area (Å²) in [5.41, 5.74) is 1.16. The number of piperidine rings is 1. The van der Waals surface area contributed by atoms with Gasteiger partial charge in [-0.2, -0.15) is 0 Å². The molecule has 1 unspecified atom stereocenters. The standard InChI is InChI=1S/C15H20N2S2/c18-14(17-10-4-1-5-11-17)15(8-6-12-19-15)13-7-2-3-9-16-13/h2-3,7,9H,1,4-6,8,10-12H2. The van der Waals surface area contributed by atoms with Crippen LogP contribution < -0.4 is 0 Å². The first-order valence-electron chi connectivity index (χ1n) is 7.18. The molecule has 0 N–H and O–H groups in total. The monoisotopic (exact) mass is 292 g/mol. The zero-order valence-corrected chi connectivity index (χ0v) is 12.8. The van der Waals surface area contributed by atoms with Gasteiger partial charge in [-0.1, -0.05) is 18.3 Å². The van der Waals surface area contributed by atoms with E-state index in [-0.39, 0.29) is 4.75 Å². The molecule has 1 aromatic rings. The van der Waals surface area contributed by atoms with Gasteiger partial charge in [0.05, 0.1) is 5.69 Å². The fourth-order valence-corrected chi connectivity index (χ4v) is 5.09. The van der Waals surface area contributed by atoms with Gasteiger partial charge in [-0.25, -0.2) is 0 Å². The van der Waals surface area contributed by atoms with E-state index in [2.05, 4.69) is 22.0 Å². The number of rotatable bonds is 2. The van der Waals surface area contributed by atoms with Crippen molar-refractivity contribution >= 4 is 29.0 Å². The Bertz CT molecular complexity index is 435. The number of pyridine rings is 1. The van der Waals surface area contributed by atoms with Crippen LogP contribution in [-0.4, -0.2) is 33.7 Å². The van der Waals surface area contributed by atoms with E-state index in [9.17, 15) is 0 Å². The molecule has 0 amide bonds. The number of hydrogen-bond donors (Lipinski definition) is 0. The Balaban J connectivity index is 1.90. The van der Waals surface area contributed by atoms with Crippen molar-refractivity contribution in [2.24, 2.45) is 0 Å². The molecule has 0 saturated carbocycles. The van der Waals surface area contributed by atoms with Crippen LogP contribution in [0.15, 0.2) is 24.4 Å². The van der Waals surface area contributed by atoms with E-state index in [0.29, 0.717) is 0 Å². The Morgan fingerprint density at radius 1 is 1.21 bits per heavy atom. The molecule has 2 saturated heterocycles. The van der Waals surface area contributed by atoms with Crippen molar-refractivity contribution in [1.29, 1.82) is 0 Å². The van der Waals surface area contributed by atoms with Crippen LogP contribution in [0.1, 0.15) is 37.8 Å². The molecule has 0 bridgehead atoms. The Hall–Kier alpha value is -0.610. The summed E-state index contributed by atoms with van der Waals surface area (Å²) in [6.45, 7) is 2.27. The fraction of sp³-hybridized carbons (Fsp3) is 0.600. The van der Waals surface area contributed by atoms with Gasteiger partial charge in [0, 0.05) is 19.3 Å². The van der Waals surface area contributed by atoms with Gasteiger partial charge in [0.15, 0.2) is 0 Å². The van der Waals surface area contributed by atoms with E-state index in [1.165, 1.54) is 31.4 Å². The SMILES string of the molecule is S=C(N1CCCCC1)C1(c2ccccn2)CCCS1. The second-order valence-corrected chi connectivity index (χ2v) is 7.13. The summed E-state index contributed by atoms with van der Waals surface area (Å²) in [6, 6.07) is 6.22. The Labute approximate surface area is 125 Å². The molecule has 0 aliphatic carbocycles. The number of hydrogen-bond acceptors (Lipinski definition) is 3. The summed E-state index contributed by atoms with van der Waals surface area (Å²) in [4.78, 5) is 8.18. The summed E-state index contributed by atoms with van der Waals surface area (Å²) in [6.07, 6.45) is 8.20. The van der Waals surface area contributed by atoms with Crippen molar-refractivity contribution in [1.82, 2.24) is 9.88 Å². The predicted octanol–water partition coefficient (Wildman–Crippen LogP) is 3.62. The second kappa shape index (κ2) is 5.80. The molecule has 3 heterocycles. The third-order valence-corrected chi connectivity index (χ3v) is 6.42. The summed E-state index contributed by atoms with van der Waals surface area (Å²) >= 11 is 7.89. The summed E-state index contributed by atoms with van der Waals surface area (Å²) in [5, 5.41) is 0. The summed E-state index contributed by atoms with van der Waals surface area (Å²) in [7, 11) is 0. The van der Waals surface area contributed by atoms with E-state index in [0.717, 1.165) is 30.2 Å². The highest BCUT2D eigenvalue weighted by atomic mass is 32.2. The lowest BCUT2D eigenvalue weighted by molar-refractivity contribution is 0.334. The zero-order valence-electron chi connectivity index (χ0n) is 11.2. The lowest BCUT2D eigenvalue weighted by Gasteiger charge is -2.38. The molecule has 2 nitrogen and oxygen atoms in total. The number of thioether (sulfide) groups is 1. The Kier molecular flexibility index (Phi) is 4.08. The maximum atomic E-state index is 5.89. The van der Waals surface area contributed by atoms with Crippen molar-refractivity contribution in [2.45, 2.75) is 36.9 Å². The van der Waals surface area contributed by atoms with Crippen molar-refractivity contribution in [3.63, 3.8) is 0 Å². The molecule has 4 heteroatoms. The van der Waals surface area contributed by atoms with Crippen LogP contribution in [0.25, 0.3) is 0 Å². The normalized spacial score (nSPS) is 27.5. The van der Waals surface area contributed by atoms with Gasteiger partial charge in [-0.3, -0.25) is 4.98 Å². The van der Waals surface area contributed by atoms with Crippen molar-refractivity contribution < 1.29 is 0 Å². The zero-order chi connectivity index (χ0) is 13.1. The van der Waals surface area contributed by atoms with Crippen LogP contribution in [0.3, 0.4) is 0 Å². The highest BCUT2D eigenvalue weighted by Gasteiger charge is 2.44. The highest BCUT2D eigenvalue weighted by molar-refractivity contribution is 8.02. The van der Waals surface area contributed by atoms with Gasteiger partial charge < -0.3 is 4.90 Å². The van der Waals surface area contributed by atoms with E-state index >= 15 is 0 Å². The number of aromatic nitrogens is 1. The maximum absolute atomic E-state index is 5.89. The van der Waals surface area contributed by atoms with Gasteiger partial charge in [-0.15, -0.1) is 11.8 Å². The molecule has 0 radical (unpaired) electrons. The quantitative estimate of drug-likeness (QED) is 0.774. The first kappa shape index (κ1) is 13.4. The van der Waals surface area contributed by atoms with Crippen LogP contribution in [0.5, 0.6) is 0 Å². The van der Waals surface area contributed by atoms with Crippen LogP contribution >= 0.6 is 24.0 Å². The molecule has 102 valence electrons. The lowest BCUT2D eigenvalue weighted by atomic mass is 9.96. The molecule has 2 aliphatic rings. The molecule has 1 aromatic heterocycles. The van der Waals surface area contributed by atoms with Gasteiger partial charge in [0.1, 0.15) is 9.74 Å². The summed E-state index contributed by atoms with van der Waals surface area (Å²) < 4.78 is -0.0338.